The van der Waals surface area contributed by atoms with E-state index in [1.807, 2.05) is 22.8 Å². The SMILES string of the molecule is CC1(N)CCCCC1C(=O)N1CCN(C(=O)c2cc3sccc3s2)CC1.Cl. The molecule has 8 heteroatoms. The highest BCUT2D eigenvalue weighted by Crippen LogP contribution is 2.34. The van der Waals surface area contributed by atoms with Crippen LogP contribution in [0.25, 0.3) is 9.40 Å². The second kappa shape index (κ2) is 8.07. The molecule has 5 nitrogen and oxygen atoms in total. The van der Waals surface area contributed by atoms with Crippen molar-refractivity contribution in [3.63, 3.8) is 0 Å². The molecule has 0 aromatic carbocycles. The van der Waals surface area contributed by atoms with E-state index < -0.39 is 5.54 Å². The first kappa shape index (κ1) is 20.6. The van der Waals surface area contributed by atoms with Gasteiger partial charge in [0.2, 0.25) is 5.91 Å². The van der Waals surface area contributed by atoms with Crippen LogP contribution in [0.2, 0.25) is 0 Å². The summed E-state index contributed by atoms with van der Waals surface area (Å²) in [6, 6.07) is 4.05. The monoisotopic (exact) mass is 427 g/mol. The van der Waals surface area contributed by atoms with E-state index in [4.69, 9.17) is 5.73 Å². The molecule has 1 saturated heterocycles. The number of carbonyl (C=O) groups is 2. The molecule has 0 radical (unpaired) electrons. The van der Waals surface area contributed by atoms with E-state index in [9.17, 15) is 9.59 Å². The Labute approximate surface area is 173 Å². The van der Waals surface area contributed by atoms with Crippen LogP contribution in [0.4, 0.5) is 0 Å². The standard InChI is InChI=1S/C19H25N3O2S2.ClH/c1-19(20)6-3-2-4-13(19)17(23)21-7-9-22(10-8-21)18(24)16-12-15-14(26-16)5-11-25-15;/h5,11-13H,2-4,6-10,20H2,1H3;1H. The van der Waals surface area contributed by atoms with Crippen molar-refractivity contribution in [1.29, 1.82) is 0 Å². The first-order valence-electron chi connectivity index (χ1n) is 9.30. The Morgan fingerprint density at radius 1 is 1.15 bits per heavy atom. The van der Waals surface area contributed by atoms with Crippen LogP contribution in [0.3, 0.4) is 0 Å². The zero-order valence-corrected chi connectivity index (χ0v) is 17.9. The lowest BCUT2D eigenvalue weighted by Gasteiger charge is -2.42. The molecule has 2 fully saturated rings. The molecule has 0 spiro atoms. The Balaban J connectivity index is 0.00000210. The van der Waals surface area contributed by atoms with Gasteiger partial charge in [0.1, 0.15) is 0 Å². The van der Waals surface area contributed by atoms with Crippen LogP contribution < -0.4 is 5.73 Å². The summed E-state index contributed by atoms with van der Waals surface area (Å²) in [5, 5.41) is 2.05. The van der Waals surface area contributed by atoms with Crippen LogP contribution in [0, 0.1) is 5.92 Å². The van der Waals surface area contributed by atoms with Gasteiger partial charge < -0.3 is 15.5 Å². The lowest BCUT2D eigenvalue weighted by molar-refractivity contribution is -0.140. The maximum atomic E-state index is 12.9. The third-order valence-electron chi connectivity index (χ3n) is 5.78. The highest BCUT2D eigenvalue weighted by molar-refractivity contribution is 7.27. The van der Waals surface area contributed by atoms with Crippen LogP contribution >= 0.6 is 35.1 Å². The van der Waals surface area contributed by atoms with E-state index in [1.54, 1.807) is 22.7 Å². The molecule has 2 amide bonds. The number of thiophene rings is 2. The third-order valence-corrected chi connectivity index (χ3v) is 7.86. The van der Waals surface area contributed by atoms with Crippen molar-refractivity contribution < 1.29 is 9.59 Å². The van der Waals surface area contributed by atoms with E-state index >= 15 is 0 Å². The van der Waals surface area contributed by atoms with Crippen LogP contribution in [0.5, 0.6) is 0 Å². The van der Waals surface area contributed by atoms with E-state index in [1.165, 1.54) is 9.40 Å². The van der Waals surface area contributed by atoms with E-state index in [-0.39, 0.29) is 30.1 Å². The molecule has 1 saturated carbocycles. The summed E-state index contributed by atoms with van der Waals surface area (Å²) in [5.74, 6) is 0.188. The summed E-state index contributed by atoms with van der Waals surface area (Å²) in [5.41, 5.74) is 6.00. The van der Waals surface area contributed by atoms with Crippen molar-refractivity contribution >= 4 is 56.3 Å². The molecule has 2 aromatic rings. The van der Waals surface area contributed by atoms with E-state index in [0.717, 1.165) is 30.6 Å². The van der Waals surface area contributed by atoms with Crippen molar-refractivity contribution in [1.82, 2.24) is 9.80 Å². The number of nitrogens with zero attached hydrogens (tertiary/aromatic N) is 2. The molecule has 27 heavy (non-hydrogen) atoms. The number of amides is 2. The van der Waals surface area contributed by atoms with Crippen molar-refractivity contribution in [3.8, 4) is 0 Å². The van der Waals surface area contributed by atoms with Gasteiger partial charge in [-0.25, -0.2) is 0 Å². The molecular weight excluding hydrogens is 402 g/mol. The molecule has 2 aliphatic rings. The Morgan fingerprint density at radius 3 is 2.52 bits per heavy atom. The number of rotatable bonds is 2. The number of piperazine rings is 1. The largest absolute Gasteiger partial charge is 0.339 e. The van der Waals surface area contributed by atoms with Crippen molar-refractivity contribution in [2.75, 3.05) is 26.2 Å². The average Bonchev–Trinajstić information content (AvgIpc) is 3.22. The molecular formula is C19H26ClN3O2S2. The first-order chi connectivity index (χ1) is 12.5. The normalized spacial score (nSPS) is 26.1. The smallest absolute Gasteiger partial charge is 0.264 e. The molecule has 3 heterocycles. The fourth-order valence-corrected chi connectivity index (χ4v) is 6.22. The minimum atomic E-state index is -0.398. The van der Waals surface area contributed by atoms with Crippen LogP contribution in [0.15, 0.2) is 17.5 Å². The van der Waals surface area contributed by atoms with Crippen molar-refractivity contribution in [3.05, 3.63) is 22.4 Å². The summed E-state index contributed by atoms with van der Waals surface area (Å²) in [4.78, 5) is 30.3. The van der Waals surface area contributed by atoms with Crippen molar-refractivity contribution in [2.45, 2.75) is 38.1 Å². The van der Waals surface area contributed by atoms with Gasteiger partial charge in [-0.05, 0) is 37.3 Å². The van der Waals surface area contributed by atoms with Gasteiger partial charge in [0.15, 0.2) is 0 Å². The summed E-state index contributed by atoms with van der Waals surface area (Å²) in [6.07, 6.45) is 3.99. The number of hydrogen-bond donors (Lipinski definition) is 1. The van der Waals surface area contributed by atoms with Gasteiger partial charge in [-0.1, -0.05) is 12.8 Å². The highest BCUT2D eigenvalue weighted by Gasteiger charge is 2.40. The summed E-state index contributed by atoms with van der Waals surface area (Å²) in [6.45, 7) is 4.43. The summed E-state index contributed by atoms with van der Waals surface area (Å²) < 4.78 is 2.35. The number of nitrogens with two attached hydrogens (primary N) is 1. The molecule has 1 aliphatic heterocycles. The topological polar surface area (TPSA) is 66.6 Å². The Hall–Kier alpha value is -1.15. The Morgan fingerprint density at radius 2 is 1.85 bits per heavy atom. The van der Waals surface area contributed by atoms with Crippen molar-refractivity contribution in [2.24, 2.45) is 11.7 Å². The highest BCUT2D eigenvalue weighted by atomic mass is 35.5. The second-order valence-corrected chi connectivity index (χ2v) is 9.71. The number of hydrogen-bond acceptors (Lipinski definition) is 5. The third kappa shape index (κ3) is 4.01. The molecule has 2 N–H and O–H groups in total. The van der Waals surface area contributed by atoms with Gasteiger partial charge >= 0.3 is 0 Å². The number of halogens is 1. The number of fused-ring (bicyclic) bond motifs is 1. The quantitative estimate of drug-likeness (QED) is 0.796. The molecule has 2 atom stereocenters. The number of carbonyl (C=O) groups excluding carboxylic acids is 2. The lowest BCUT2D eigenvalue weighted by Crippen LogP contribution is -2.57. The zero-order chi connectivity index (χ0) is 18.3. The fraction of sp³-hybridized carbons (Fsp3) is 0.579. The summed E-state index contributed by atoms with van der Waals surface area (Å²) in [7, 11) is 0. The fourth-order valence-electron chi connectivity index (χ4n) is 4.14. The second-order valence-electron chi connectivity index (χ2n) is 7.68. The molecule has 2 unspecified atom stereocenters. The maximum Gasteiger partial charge on any atom is 0.264 e. The molecule has 0 bridgehead atoms. The molecule has 148 valence electrons. The molecule has 4 rings (SSSR count). The minimum absolute atomic E-state index is 0. The van der Waals surface area contributed by atoms with Crippen LogP contribution in [-0.4, -0.2) is 53.3 Å². The molecule has 1 aliphatic carbocycles. The summed E-state index contributed by atoms with van der Waals surface area (Å²) >= 11 is 3.22. The van der Waals surface area contributed by atoms with Gasteiger partial charge in [0.05, 0.1) is 10.8 Å². The van der Waals surface area contributed by atoms with Crippen LogP contribution in [0.1, 0.15) is 42.3 Å². The molecule has 2 aromatic heterocycles. The van der Waals surface area contributed by atoms with Gasteiger partial charge in [-0.15, -0.1) is 35.1 Å². The van der Waals surface area contributed by atoms with E-state index in [0.29, 0.717) is 26.2 Å². The average molecular weight is 428 g/mol. The Kier molecular flexibility index (Phi) is 6.15. The minimum Gasteiger partial charge on any atom is -0.339 e. The van der Waals surface area contributed by atoms with Gasteiger partial charge in [-0.2, -0.15) is 0 Å². The van der Waals surface area contributed by atoms with Crippen LogP contribution in [-0.2, 0) is 4.79 Å². The predicted octanol–water partition coefficient (Wildman–Crippen LogP) is 3.58. The van der Waals surface area contributed by atoms with Gasteiger partial charge in [0.25, 0.3) is 5.91 Å². The van der Waals surface area contributed by atoms with Gasteiger partial charge in [-0.3, -0.25) is 9.59 Å². The predicted molar refractivity (Wildman–Crippen MR) is 114 cm³/mol. The van der Waals surface area contributed by atoms with E-state index in [2.05, 4.69) is 11.4 Å². The Bertz CT molecular complexity index is 795. The maximum absolute atomic E-state index is 12.9. The first-order valence-corrected chi connectivity index (χ1v) is 11.0. The lowest BCUT2D eigenvalue weighted by atomic mass is 9.74. The zero-order valence-electron chi connectivity index (χ0n) is 15.5. The van der Waals surface area contributed by atoms with Gasteiger partial charge in [0, 0.05) is 41.1 Å².